The fraction of sp³-hybridized carbons (Fsp3) is 0.895. The summed E-state index contributed by atoms with van der Waals surface area (Å²) in [5.41, 5.74) is 0.0881. The molecule has 0 aliphatic rings. The molecular formula is C19H43N5W-4. The van der Waals surface area contributed by atoms with Crippen LogP contribution in [0.25, 0.3) is 21.3 Å². The quantitative estimate of drug-likeness (QED) is 0.345. The minimum atomic E-state index is 0.0440. The maximum Gasteiger partial charge on any atom is -0.0663 e. The summed E-state index contributed by atoms with van der Waals surface area (Å²) < 4.78 is 3.97. The molecule has 0 unspecified atom stereocenters. The minimum absolute atomic E-state index is 0.0440. The zero-order valence-electron chi connectivity index (χ0n) is 18.8. The molecule has 0 amide bonds. The average Bonchev–Trinajstić information content (AvgIpc) is 2.54. The van der Waals surface area contributed by atoms with E-state index in [-0.39, 0.29) is 11.1 Å². The van der Waals surface area contributed by atoms with Crippen LogP contribution in [-0.4, -0.2) is 45.3 Å². The number of rotatable bonds is 7. The fourth-order valence-corrected chi connectivity index (χ4v) is 0.653. The molecule has 0 N–H and O–H groups in total. The van der Waals surface area contributed by atoms with E-state index in [1.54, 1.807) is 28.2 Å². The van der Waals surface area contributed by atoms with Gasteiger partial charge in [0.25, 0.3) is 0 Å². The Morgan fingerprint density at radius 1 is 0.800 bits per heavy atom. The van der Waals surface area contributed by atoms with Crippen LogP contribution < -0.4 is 0 Å². The molecule has 0 saturated carbocycles. The Bertz CT molecular complexity index is 268. The molecule has 6 heteroatoms. The predicted molar refractivity (Wildman–Crippen MR) is 113 cm³/mol. The van der Waals surface area contributed by atoms with Gasteiger partial charge in [-0.2, -0.15) is 28.2 Å². The summed E-state index contributed by atoms with van der Waals surface area (Å²) in [5, 5.41) is 15.9. The molecule has 0 aromatic rings. The molecule has 0 aliphatic carbocycles. The maximum atomic E-state index is 4.44. The third-order valence-corrected chi connectivity index (χ3v) is 4.37. The largest absolute Gasteiger partial charge is 0.687 e. The summed E-state index contributed by atoms with van der Waals surface area (Å²) in [5.74, 6) is 0. The summed E-state index contributed by atoms with van der Waals surface area (Å²) in [6.07, 6.45) is 5.74. The topological polar surface area (TPSA) is 68.8 Å². The van der Waals surface area contributed by atoms with Gasteiger partial charge in [0.1, 0.15) is 0 Å². The molecule has 154 valence electrons. The van der Waals surface area contributed by atoms with Crippen molar-refractivity contribution >= 4 is 0 Å². The van der Waals surface area contributed by atoms with E-state index < -0.39 is 0 Å². The van der Waals surface area contributed by atoms with E-state index in [2.05, 4.69) is 80.2 Å². The standard InChI is InChI=1S/C12H24N2.C3H7N.2C2H6N.W/c1-7-11(3,4)13-9-10-14-12(5,6)8-2;1-3(2)4;2*1-3-2;/h9-10H,7-8H2,1-6H3;3H,1-2H3;2*1-2H3;/q-2;;2*-1;/b10-9-;;;;. The molecule has 0 radical (unpaired) electrons. The molecule has 0 aliphatic heterocycles. The molecule has 0 spiro atoms. The Morgan fingerprint density at radius 3 is 1.12 bits per heavy atom. The molecule has 0 saturated heterocycles. The number of hydrogen-bond donors (Lipinski definition) is 0. The van der Waals surface area contributed by atoms with E-state index >= 15 is 0 Å². The Hall–Kier alpha value is -0.252. The van der Waals surface area contributed by atoms with Gasteiger partial charge in [0.15, 0.2) is 0 Å². The van der Waals surface area contributed by atoms with Gasteiger partial charge in [-0.25, -0.2) is 12.4 Å². The fourth-order valence-electron chi connectivity index (χ4n) is 0.653. The normalized spacial score (nSPS) is 10.6. The van der Waals surface area contributed by atoms with Crippen LogP contribution in [0.3, 0.4) is 0 Å². The molecule has 0 aromatic carbocycles. The van der Waals surface area contributed by atoms with Gasteiger partial charge in [0.05, 0.1) is 0 Å². The molecule has 0 atom stereocenters. The average molecular weight is 525 g/mol. The molecule has 0 bridgehead atoms. The van der Waals surface area contributed by atoms with Gasteiger partial charge in [0.2, 0.25) is 0 Å². The third-order valence-electron chi connectivity index (χ3n) is 2.86. The summed E-state index contributed by atoms with van der Waals surface area (Å²) in [6, 6.07) is 0.546. The third kappa shape index (κ3) is 40.0. The number of nitrogens with zero attached hydrogens (tertiary/aromatic N) is 5. The van der Waals surface area contributed by atoms with Crippen molar-refractivity contribution < 1.29 is 19.6 Å². The summed E-state index contributed by atoms with van der Waals surface area (Å²) in [7, 11) is 7.00. The summed E-state index contributed by atoms with van der Waals surface area (Å²) in [6.45, 7) is 16.9. The van der Waals surface area contributed by atoms with Crippen LogP contribution in [0.15, 0.2) is 15.9 Å². The zero-order valence-corrected chi connectivity index (χ0v) is 21.7. The molecule has 25 heavy (non-hydrogen) atoms. The monoisotopic (exact) mass is 525 g/mol. The van der Waals surface area contributed by atoms with Crippen molar-refractivity contribution in [3.8, 4) is 0 Å². The van der Waals surface area contributed by atoms with Crippen LogP contribution in [0.1, 0.15) is 68.2 Å². The van der Waals surface area contributed by atoms with Gasteiger partial charge in [-0.05, 0) is 0 Å². The van der Waals surface area contributed by atoms with E-state index in [0.29, 0.717) is 6.04 Å². The van der Waals surface area contributed by atoms with E-state index in [4.69, 9.17) is 0 Å². The van der Waals surface area contributed by atoms with Gasteiger partial charge in [-0.15, -0.1) is 11.1 Å². The van der Waals surface area contributed by atoms with Gasteiger partial charge < -0.3 is 21.3 Å². The van der Waals surface area contributed by atoms with E-state index in [0.717, 1.165) is 12.8 Å². The Kier molecular flexibility index (Phi) is 28.3. The van der Waals surface area contributed by atoms with Crippen molar-refractivity contribution in [1.29, 1.82) is 0 Å². The van der Waals surface area contributed by atoms with E-state index in [1.165, 1.54) is 19.6 Å². The molecular weight excluding hydrogens is 482 g/mol. The Morgan fingerprint density at radius 2 is 1.00 bits per heavy atom. The van der Waals surface area contributed by atoms with Crippen molar-refractivity contribution in [3.05, 3.63) is 33.7 Å². The van der Waals surface area contributed by atoms with Crippen molar-refractivity contribution in [2.75, 3.05) is 28.2 Å². The van der Waals surface area contributed by atoms with Crippen LogP contribution in [0.4, 0.5) is 0 Å². The second kappa shape index (κ2) is 21.8. The van der Waals surface area contributed by atoms with Gasteiger partial charge in [-0.3, -0.25) is 0 Å². The van der Waals surface area contributed by atoms with Crippen molar-refractivity contribution in [2.24, 2.45) is 3.50 Å². The zero-order chi connectivity index (χ0) is 20.9. The van der Waals surface area contributed by atoms with Gasteiger partial charge in [-0.1, -0.05) is 54.4 Å². The first-order valence-corrected chi connectivity index (χ1v) is 10.1. The smallest absolute Gasteiger partial charge is 0.0663 e. The molecule has 0 rings (SSSR count). The minimum Gasteiger partial charge on any atom is -0.687 e. The SMILES string of the molecule is CC(C)[N]=[W].CCC(C)(C)[N-]/C=C\[N-]C(C)(C)CC.C[N-]C.C[N-]C. The van der Waals surface area contributed by atoms with Gasteiger partial charge in [0, 0.05) is 0 Å². The molecule has 5 nitrogen and oxygen atoms in total. The summed E-state index contributed by atoms with van der Waals surface area (Å²) >= 11 is 1.33. The van der Waals surface area contributed by atoms with Crippen LogP contribution in [0.5, 0.6) is 0 Å². The maximum absolute atomic E-state index is 4.44. The first-order valence-electron chi connectivity index (χ1n) is 8.80. The predicted octanol–water partition coefficient (Wildman–Crippen LogP) is 6.95. The molecule has 0 heterocycles. The van der Waals surface area contributed by atoms with Gasteiger partial charge >= 0.3 is 43.0 Å². The van der Waals surface area contributed by atoms with Crippen LogP contribution in [0, 0.1) is 0 Å². The van der Waals surface area contributed by atoms with Crippen LogP contribution >= 0.6 is 0 Å². The second-order valence-electron chi connectivity index (χ2n) is 6.98. The van der Waals surface area contributed by atoms with E-state index in [9.17, 15) is 0 Å². The van der Waals surface area contributed by atoms with Crippen molar-refractivity contribution in [3.63, 3.8) is 0 Å². The van der Waals surface area contributed by atoms with Crippen molar-refractivity contribution in [2.45, 2.75) is 85.4 Å². The summed E-state index contributed by atoms with van der Waals surface area (Å²) in [4.78, 5) is 0. The first-order chi connectivity index (χ1) is 11.4. The number of hydrogen-bond acceptors (Lipinski definition) is 1. The Labute approximate surface area is 170 Å². The molecule has 0 fully saturated rings. The molecule has 0 aromatic heterocycles. The van der Waals surface area contributed by atoms with Crippen molar-refractivity contribution in [1.82, 2.24) is 0 Å². The van der Waals surface area contributed by atoms with Crippen LogP contribution in [-0.2, 0) is 19.6 Å². The Balaban J connectivity index is -0.000000164. The first kappa shape index (κ1) is 32.4. The second-order valence-corrected chi connectivity index (χ2v) is 7.74. The van der Waals surface area contributed by atoms with E-state index in [1.807, 2.05) is 12.4 Å². The van der Waals surface area contributed by atoms with Crippen LogP contribution in [0.2, 0.25) is 0 Å².